The summed E-state index contributed by atoms with van der Waals surface area (Å²) in [7, 11) is 0. The third kappa shape index (κ3) is 2.40. The smallest absolute Gasteiger partial charge is 0.222 e. The van der Waals surface area contributed by atoms with Crippen LogP contribution in [0.4, 0.5) is 5.82 Å². The third-order valence-corrected chi connectivity index (χ3v) is 4.42. The van der Waals surface area contributed by atoms with Gasteiger partial charge in [0.25, 0.3) is 0 Å². The largest absolute Gasteiger partial charge is 0.364 e. The molecule has 0 bridgehead atoms. The first-order valence-corrected chi connectivity index (χ1v) is 8.01. The summed E-state index contributed by atoms with van der Waals surface area (Å²) in [6.45, 7) is 3.49. The molecule has 0 radical (unpaired) electrons. The Morgan fingerprint density at radius 3 is 2.95 bits per heavy atom. The molecule has 22 heavy (non-hydrogen) atoms. The van der Waals surface area contributed by atoms with E-state index in [1.165, 1.54) is 12.8 Å². The van der Waals surface area contributed by atoms with E-state index in [1.807, 2.05) is 28.5 Å². The number of carbonyl (C=O) groups is 1. The predicted molar refractivity (Wildman–Crippen MR) is 81.7 cm³/mol. The van der Waals surface area contributed by atoms with Crippen molar-refractivity contribution in [2.75, 3.05) is 18.4 Å². The molecule has 1 saturated heterocycles. The van der Waals surface area contributed by atoms with Crippen LogP contribution in [-0.2, 0) is 4.79 Å². The Kier molecular flexibility index (Phi) is 3.20. The fourth-order valence-corrected chi connectivity index (χ4v) is 3.02. The SMILES string of the molecule is CCC(=O)N1CCC(Nc2ccc3nnc(C4CC4)n3n2)C1. The highest BCUT2D eigenvalue weighted by molar-refractivity contribution is 5.76. The number of amides is 1. The van der Waals surface area contributed by atoms with Crippen molar-refractivity contribution in [3.8, 4) is 0 Å². The first-order chi connectivity index (χ1) is 10.7. The van der Waals surface area contributed by atoms with E-state index in [0.29, 0.717) is 12.3 Å². The number of nitrogens with one attached hydrogen (secondary N) is 1. The number of carbonyl (C=O) groups excluding carboxylic acids is 1. The lowest BCUT2D eigenvalue weighted by molar-refractivity contribution is -0.129. The number of nitrogens with zero attached hydrogens (tertiary/aromatic N) is 5. The van der Waals surface area contributed by atoms with E-state index in [9.17, 15) is 4.79 Å². The maximum Gasteiger partial charge on any atom is 0.222 e. The molecule has 0 aromatic carbocycles. The average molecular weight is 300 g/mol. The van der Waals surface area contributed by atoms with Crippen molar-refractivity contribution in [3.63, 3.8) is 0 Å². The second kappa shape index (κ2) is 5.23. The van der Waals surface area contributed by atoms with E-state index < -0.39 is 0 Å². The zero-order valence-corrected chi connectivity index (χ0v) is 12.7. The minimum absolute atomic E-state index is 0.225. The summed E-state index contributed by atoms with van der Waals surface area (Å²) in [5.74, 6) is 2.53. The maximum absolute atomic E-state index is 11.7. The van der Waals surface area contributed by atoms with Gasteiger partial charge in [0.05, 0.1) is 0 Å². The topological polar surface area (TPSA) is 75.4 Å². The maximum atomic E-state index is 11.7. The van der Waals surface area contributed by atoms with Crippen molar-refractivity contribution in [2.45, 2.75) is 44.6 Å². The molecule has 2 aromatic heterocycles. The molecule has 1 unspecified atom stereocenters. The molecule has 7 nitrogen and oxygen atoms in total. The summed E-state index contributed by atoms with van der Waals surface area (Å²) < 4.78 is 1.85. The number of rotatable bonds is 4. The van der Waals surface area contributed by atoms with Gasteiger partial charge in [0.1, 0.15) is 5.82 Å². The van der Waals surface area contributed by atoms with Crippen molar-refractivity contribution in [1.82, 2.24) is 24.7 Å². The molecule has 3 heterocycles. The Hall–Kier alpha value is -2.18. The monoisotopic (exact) mass is 300 g/mol. The van der Waals surface area contributed by atoms with Crippen LogP contribution in [0.5, 0.6) is 0 Å². The second-order valence-electron chi connectivity index (χ2n) is 6.14. The lowest BCUT2D eigenvalue weighted by Crippen LogP contribution is -2.31. The minimum Gasteiger partial charge on any atom is -0.364 e. The first-order valence-electron chi connectivity index (χ1n) is 8.01. The number of hydrogen-bond donors (Lipinski definition) is 1. The molecule has 2 aliphatic rings. The van der Waals surface area contributed by atoms with Gasteiger partial charge in [0.15, 0.2) is 11.5 Å². The Morgan fingerprint density at radius 2 is 2.18 bits per heavy atom. The highest BCUT2D eigenvalue weighted by atomic mass is 16.2. The molecule has 1 aliphatic carbocycles. The van der Waals surface area contributed by atoms with Gasteiger partial charge in [0, 0.05) is 31.5 Å². The lowest BCUT2D eigenvalue weighted by Gasteiger charge is -2.16. The Bertz CT molecular complexity index is 707. The van der Waals surface area contributed by atoms with Gasteiger partial charge in [0.2, 0.25) is 5.91 Å². The van der Waals surface area contributed by atoms with Crippen LogP contribution in [0.15, 0.2) is 12.1 Å². The van der Waals surface area contributed by atoms with Crippen molar-refractivity contribution in [3.05, 3.63) is 18.0 Å². The zero-order chi connectivity index (χ0) is 15.1. The van der Waals surface area contributed by atoms with E-state index in [1.54, 1.807) is 0 Å². The van der Waals surface area contributed by atoms with Crippen LogP contribution >= 0.6 is 0 Å². The minimum atomic E-state index is 0.225. The molecule has 1 aliphatic heterocycles. The molecule has 4 rings (SSSR count). The summed E-state index contributed by atoms with van der Waals surface area (Å²) >= 11 is 0. The number of hydrogen-bond acceptors (Lipinski definition) is 5. The van der Waals surface area contributed by atoms with Gasteiger partial charge in [-0.2, -0.15) is 4.52 Å². The molecule has 1 saturated carbocycles. The molecule has 2 fully saturated rings. The fraction of sp³-hybridized carbons (Fsp3) is 0.600. The quantitative estimate of drug-likeness (QED) is 0.924. The summed E-state index contributed by atoms with van der Waals surface area (Å²) in [5, 5.41) is 16.5. The van der Waals surface area contributed by atoms with Gasteiger partial charge < -0.3 is 10.2 Å². The van der Waals surface area contributed by atoms with E-state index in [2.05, 4.69) is 20.6 Å². The Labute approximate surface area is 128 Å². The first kappa shape index (κ1) is 13.5. The van der Waals surface area contributed by atoms with Gasteiger partial charge in [-0.05, 0) is 31.4 Å². The van der Waals surface area contributed by atoms with Crippen molar-refractivity contribution in [2.24, 2.45) is 0 Å². The lowest BCUT2D eigenvalue weighted by atomic mass is 10.2. The van der Waals surface area contributed by atoms with Crippen LogP contribution < -0.4 is 5.32 Å². The standard InChI is InChI=1S/C15H20N6O/c1-2-14(22)20-8-7-11(9-20)16-12-5-6-13-17-18-15(10-3-4-10)21(13)19-12/h5-6,10-11H,2-4,7-9H2,1H3,(H,16,19). The van der Waals surface area contributed by atoms with Crippen molar-refractivity contribution in [1.29, 1.82) is 0 Å². The van der Waals surface area contributed by atoms with Crippen LogP contribution in [0.3, 0.4) is 0 Å². The van der Waals surface area contributed by atoms with Crippen LogP contribution in [-0.4, -0.2) is 49.7 Å². The highest BCUT2D eigenvalue weighted by Gasteiger charge is 2.29. The summed E-state index contributed by atoms with van der Waals surface area (Å²) in [6, 6.07) is 4.14. The molecule has 0 spiro atoms. The molecule has 116 valence electrons. The predicted octanol–water partition coefficient (Wildman–Crippen LogP) is 1.42. The third-order valence-electron chi connectivity index (χ3n) is 4.42. The number of anilines is 1. The summed E-state index contributed by atoms with van der Waals surface area (Å²) in [4.78, 5) is 13.7. The van der Waals surface area contributed by atoms with Crippen LogP contribution in [0, 0.1) is 0 Å². The molecule has 1 N–H and O–H groups in total. The van der Waals surface area contributed by atoms with Gasteiger partial charge >= 0.3 is 0 Å². The zero-order valence-electron chi connectivity index (χ0n) is 12.7. The van der Waals surface area contributed by atoms with Crippen LogP contribution in [0.2, 0.25) is 0 Å². The van der Waals surface area contributed by atoms with Crippen molar-refractivity contribution >= 4 is 17.4 Å². The highest BCUT2D eigenvalue weighted by Crippen LogP contribution is 2.38. The number of fused-ring (bicyclic) bond motifs is 1. The molecule has 2 aromatic rings. The fourth-order valence-electron chi connectivity index (χ4n) is 3.02. The summed E-state index contributed by atoms with van der Waals surface area (Å²) in [5.41, 5.74) is 0.793. The van der Waals surface area contributed by atoms with Gasteiger partial charge in [-0.3, -0.25) is 4.79 Å². The van der Waals surface area contributed by atoms with Crippen molar-refractivity contribution < 1.29 is 4.79 Å². The number of likely N-dealkylation sites (tertiary alicyclic amines) is 1. The second-order valence-corrected chi connectivity index (χ2v) is 6.14. The van der Waals surface area contributed by atoms with E-state index >= 15 is 0 Å². The normalized spacial score (nSPS) is 21.5. The molecular weight excluding hydrogens is 280 g/mol. The van der Waals surface area contributed by atoms with E-state index in [0.717, 1.165) is 36.8 Å². The molecule has 7 heteroatoms. The van der Waals surface area contributed by atoms with E-state index in [4.69, 9.17) is 0 Å². The van der Waals surface area contributed by atoms with Crippen LogP contribution in [0.1, 0.15) is 44.3 Å². The van der Waals surface area contributed by atoms with E-state index in [-0.39, 0.29) is 11.9 Å². The Morgan fingerprint density at radius 1 is 1.32 bits per heavy atom. The van der Waals surface area contributed by atoms with Gasteiger partial charge in [-0.25, -0.2) is 0 Å². The van der Waals surface area contributed by atoms with Gasteiger partial charge in [-0.15, -0.1) is 15.3 Å². The summed E-state index contributed by atoms with van der Waals surface area (Å²) in [6.07, 6.45) is 3.89. The van der Waals surface area contributed by atoms with Crippen LogP contribution in [0.25, 0.3) is 5.65 Å². The van der Waals surface area contributed by atoms with Gasteiger partial charge in [-0.1, -0.05) is 6.92 Å². The Balaban J connectivity index is 1.50. The average Bonchev–Trinajstić information content (AvgIpc) is 3.12. The number of aromatic nitrogens is 4. The molecule has 1 atom stereocenters. The molecular formula is C15H20N6O. The molecule has 1 amide bonds.